The molecule has 16 heavy (non-hydrogen) atoms. The Bertz CT molecular complexity index is 494. The fourth-order valence-corrected chi connectivity index (χ4v) is 3.16. The number of hydrogen-bond acceptors (Lipinski definition) is 3. The predicted octanol–water partition coefficient (Wildman–Crippen LogP) is 3.60. The molecule has 0 unspecified atom stereocenters. The molecular formula is C12H13BrN2S. The Kier molecular flexibility index (Phi) is 3.74. The Morgan fingerprint density at radius 2 is 2.25 bits per heavy atom. The Morgan fingerprint density at radius 3 is 2.94 bits per heavy atom. The molecule has 0 aliphatic rings. The van der Waals surface area contributed by atoms with Gasteiger partial charge in [-0.05, 0) is 25.6 Å². The highest BCUT2D eigenvalue weighted by Crippen LogP contribution is 2.31. The van der Waals surface area contributed by atoms with Crippen molar-refractivity contribution in [2.75, 3.05) is 7.05 Å². The molecule has 2 rings (SSSR count). The van der Waals surface area contributed by atoms with Crippen molar-refractivity contribution in [3.05, 3.63) is 39.3 Å². The molecule has 1 N–H and O–H groups in total. The van der Waals surface area contributed by atoms with Crippen molar-refractivity contribution < 1.29 is 0 Å². The summed E-state index contributed by atoms with van der Waals surface area (Å²) >= 11 is 5.26. The molecule has 1 aromatic carbocycles. The predicted molar refractivity (Wildman–Crippen MR) is 72.8 cm³/mol. The first-order chi connectivity index (χ1) is 7.70. The van der Waals surface area contributed by atoms with Gasteiger partial charge in [0, 0.05) is 22.0 Å². The van der Waals surface area contributed by atoms with E-state index in [4.69, 9.17) is 0 Å². The molecule has 0 amide bonds. The molecule has 0 spiro atoms. The summed E-state index contributed by atoms with van der Waals surface area (Å²) in [5.41, 5.74) is 3.51. The molecule has 84 valence electrons. The monoisotopic (exact) mass is 296 g/mol. The largest absolute Gasteiger partial charge is 0.314 e. The van der Waals surface area contributed by atoms with E-state index in [1.807, 2.05) is 7.05 Å². The quantitative estimate of drug-likeness (QED) is 0.936. The highest BCUT2D eigenvalue weighted by atomic mass is 79.9. The first kappa shape index (κ1) is 11.8. The van der Waals surface area contributed by atoms with E-state index in [2.05, 4.69) is 56.7 Å². The Balaban J connectivity index is 2.35. The Hall–Kier alpha value is -0.710. The van der Waals surface area contributed by atoms with E-state index in [0.717, 1.165) is 27.3 Å². The summed E-state index contributed by atoms with van der Waals surface area (Å²) in [5, 5.41) is 6.27. The van der Waals surface area contributed by atoms with Crippen LogP contribution in [-0.2, 0) is 6.54 Å². The van der Waals surface area contributed by atoms with Gasteiger partial charge in [-0.25, -0.2) is 4.98 Å². The van der Waals surface area contributed by atoms with Crippen molar-refractivity contribution in [3.63, 3.8) is 0 Å². The van der Waals surface area contributed by atoms with Crippen LogP contribution >= 0.6 is 27.3 Å². The number of thiazole rings is 1. The summed E-state index contributed by atoms with van der Waals surface area (Å²) in [6.07, 6.45) is 0. The van der Waals surface area contributed by atoms with Crippen LogP contribution in [0.4, 0.5) is 0 Å². The van der Waals surface area contributed by atoms with Gasteiger partial charge in [0.1, 0.15) is 5.01 Å². The standard InChI is InChI=1S/C12H13BrN2S/c1-8-3-4-10(11(13)5-8)12-15-9(6-14-2)7-16-12/h3-5,7,14H,6H2,1-2H3. The van der Waals surface area contributed by atoms with E-state index in [1.165, 1.54) is 5.56 Å². The van der Waals surface area contributed by atoms with E-state index < -0.39 is 0 Å². The van der Waals surface area contributed by atoms with E-state index in [1.54, 1.807) is 11.3 Å². The summed E-state index contributed by atoms with van der Waals surface area (Å²) < 4.78 is 1.11. The highest BCUT2D eigenvalue weighted by molar-refractivity contribution is 9.10. The van der Waals surface area contributed by atoms with Crippen molar-refractivity contribution in [2.24, 2.45) is 0 Å². The molecule has 0 radical (unpaired) electrons. The smallest absolute Gasteiger partial charge is 0.124 e. The number of aryl methyl sites for hydroxylation is 1. The van der Waals surface area contributed by atoms with Crippen LogP contribution in [0.25, 0.3) is 10.6 Å². The molecule has 0 bridgehead atoms. The third kappa shape index (κ3) is 2.51. The maximum atomic E-state index is 4.59. The fourth-order valence-electron chi connectivity index (χ4n) is 1.49. The molecule has 0 atom stereocenters. The molecule has 1 heterocycles. The van der Waals surface area contributed by atoms with Gasteiger partial charge in [-0.1, -0.05) is 28.1 Å². The number of benzene rings is 1. The lowest BCUT2D eigenvalue weighted by molar-refractivity contribution is 0.798. The molecule has 4 heteroatoms. The number of nitrogens with zero attached hydrogens (tertiary/aromatic N) is 1. The zero-order valence-corrected chi connectivity index (χ0v) is 11.7. The average molecular weight is 297 g/mol. The SMILES string of the molecule is CNCc1csc(-c2ccc(C)cc2Br)n1. The first-order valence-electron chi connectivity index (χ1n) is 5.06. The van der Waals surface area contributed by atoms with E-state index >= 15 is 0 Å². The van der Waals surface area contributed by atoms with Gasteiger partial charge in [0.25, 0.3) is 0 Å². The lowest BCUT2D eigenvalue weighted by Gasteiger charge is -2.01. The van der Waals surface area contributed by atoms with Crippen LogP contribution in [0.2, 0.25) is 0 Å². The van der Waals surface area contributed by atoms with Crippen molar-refractivity contribution in [2.45, 2.75) is 13.5 Å². The van der Waals surface area contributed by atoms with Crippen molar-refractivity contribution in [1.82, 2.24) is 10.3 Å². The van der Waals surface area contributed by atoms with E-state index in [-0.39, 0.29) is 0 Å². The second-order valence-electron chi connectivity index (χ2n) is 3.66. The molecule has 0 fully saturated rings. The zero-order chi connectivity index (χ0) is 11.5. The van der Waals surface area contributed by atoms with Crippen molar-refractivity contribution in [1.29, 1.82) is 0 Å². The van der Waals surface area contributed by atoms with Gasteiger partial charge >= 0.3 is 0 Å². The maximum absolute atomic E-state index is 4.59. The summed E-state index contributed by atoms with van der Waals surface area (Å²) in [6.45, 7) is 2.91. The third-order valence-electron chi connectivity index (χ3n) is 2.26. The van der Waals surface area contributed by atoms with Crippen LogP contribution in [0.5, 0.6) is 0 Å². The van der Waals surface area contributed by atoms with Crippen LogP contribution in [0.1, 0.15) is 11.3 Å². The zero-order valence-electron chi connectivity index (χ0n) is 9.25. The minimum atomic E-state index is 0.819. The van der Waals surface area contributed by atoms with Gasteiger partial charge in [-0.3, -0.25) is 0 Å². The van der Waals surface area contributed by atoms with Gasteiger partial charge in [0.15, 0.2) is 0 Å². The second kappa shape index (κ2) is 5.08. The molecule has 0 saturated heterocycles. The van der Waals surface area contributed by atoms with Crippen LogP contribution in [0.15, 0.2) is 28.1 Å². The third-order valence-corrected chi connectivity index (χ3v) is 3.85. The lowest BCUT2D eigenvalue weighted by Crippen LogP contribution is -2.04. The van der Waals surface area contributed by atoms with E-state index in [9.17, 15) is 0 Å². The molecule has 1 aromatic heterocycles. The topological polar surface area (TPSA) is 24.9 Å². The van der Waals surface area contributed by atoms with Gasteiger partial charge in [0.05, 0.1) is 5.69 Å². The Labute approximate surface area is 108 Å². The normalized spacial score (nSPS) is 10.7. The summed E-state index contributed by atoms with van der Waals surface area (Å²) in [7, 11) is 1.93. The van der Waals surface area contributed by atoms with Crippen molar-refractivity contribution >= 4 is 27.3 Å². The molecule has 0 aliphatic carbocycles. The fraction of sp³-hybridized carbons (Fsp3) is 0.250. The van der Waals surface area contributed by atoms with Crippen LogP contribution in [0, 0.1) is 6.92 Å². The lowest BCUT2D eigenvalue weighted by atomic mass is 10.2. The number of rotatable bonds is 3. The van der Waals surface area contributed by atoms with Crippen LogP contribution < -0.4 is 5.32 Å². The van der Waals surface area contributed by atoms with Gasteiger partial charge < -0.3 is 5.32 Å². The first-order valence-corrected chi connectivity index (χ1v) is 6.73. The second-order valence-corrected chi connectivity index (χ2v) is 5.37. The molecular weight excluding hydrogens is 284 g/mol. The molecule has 0 saturated carbocycles. The molecule has 2 aromatic rings. The molecule has 0 aliphatic heterocycles. The highest BCUT2D eigenvalue weighted by Gasteiger charge is 2.07. The number of nitrogens with one attached hydrogen (secondary N) is 1. The minimum Gasteiger partial charge on any atom is -0.314 e. The summed E-state index contributed by atoms with van der Waals surface area (Å²) in [5.74, 6) is 0. The van der Waals surface area contributed by atoms with E-state index in [0.29, 0.717) is 0 Å². The number of halogens is 1. The average Bonchev–Trinajstić information content (AvgIpc) is 2.67. The summed E-state index contributed by atoms with van der Waals surface area (Å²) in [4.78, 5) is 4.59. The van der Waals surface area contributed by atoms with Crippen LogP contribution in [0.3, 0.4) is 0 Å². The van der Waals surface area contributed by atoms with Gasteiger partial charge in [-0.2, -0.15) is 0 Å². The maximum Gasteiger partial charge on any atom is 0.124 e. The number of hydrogen-bond donors (Lipinski definition) is 1. The van der Waals surface area contributed by atoms with Crippen LogP contribution in [-0.4, -0.2) is 12.0 Å². The number of aromatic nitrogens is 1. The Morgan fingerprint density at radius 1 is 1.44 bits per heavy atom. The van der Waals surface area contributed by atoms with Gasteiger partial charge in [0.2, 0.25) is 0 Å². The molecule has 2 nitrogen and oxygen atoms in total. The minimum absolute atomic E-state index is 0.819. The van der Waals surface area contributed by atoms with Crippen molar-refractivity contribution in [3.8, 4) is 10.6 Å². The van der Waals surface area contributed by atoms with Gasteiger partial charge in [-0.15, -0.1) is 11.3 Å². The summed E-state index contributed by atoms with van der Waals surface area (Å²) in [6, 6.07) is 6.34.